The van der Waals surface area contributed by atoms with Crippen LogP contribution in [-0.4, -0.2) is 65.2 Å². The normalized spacial score (nSPS) is 20.4. The fraction of sp³-hybridized carbons (Fsp3) is 0.519. The maximum atomic E-state index is 13.3. The molecule has 0 amide bonds. The highest BCUT2D eigenvalue weighted by molar-refractivity contribution is 7.80. The Morgan fingerprint density at radius 2 is 1.74 bits per heavy atom. The van der Waals surface area contributed by atoms with Gasteiger partial charge in [-0.1, -0.05) is 37.3 Å². The SMILES string of the molecule is CCc1ccccc1N1CCN(C(=S)COC2CCC(Nc3ccc(N(O)O)c(C(F)(F)F)c3)CC2)CC1. The van der Waals surface area contributed by atoms with Crippen molar-refractivity contribution < 1.29 is 28.3 Å². The number of nitrogens with one attached hydrogen (secondary N) is 1. The Morgan fingerprint density at radius 3 is 2.37 bits per heavy atom. The number of benzene rings is 2. The van der Waals surface area contributed by atoms with Crippen molar-refractivity contribution in [3.05, 3.63) is 53.6 Å². The lowest BCUT2D eigenvalue weighted by Crippen LogP contribution is -2.49. The molecule has 0 atom stereocenters. The molecule has 3 N–H and O–H groups in total. The quantitative estimate of drug-likeness (QED) is 0.283. The summed E-state index contributed by atoms with van der Waals surface area (Å²) in [5, 5.41) is 20.8. The van der Waals surface area contributed by atoms with Crippen molar-refractivity contribution in [2.75, 3.05) is 48.2 Å². The first-order valence-corrected chi connectivity index (χ1v) is 13.4. The molecule has 0 unspecified atom stereocenters. The number of alkyl halides is 3. The van der Waals surface area contributed by atoms with Gasteiger partial charge in [0.05, 0.1) is 18.3 Å². The number of rotatable bonds is 8. The van der Waals surface area contributed by atoms with Gasteiger partial charge in [-0.3, -0.25) is 10.4 Å². The fourth-order valence-corrected chi connectivity index (χ4v) is 5.48. The third-order valence-electron chi connectivity index (χ3n) is 7.35. The van der Waals surface area contributed by atoms with Gasteiger partial charge < -0.3 is 19.9 Å². The Kier molecular flexibility index (Phi) is 9.35. The lowest BCUT2D eigenvalue weighted by Gasteiger charge is -2.38. The lowest BCUT2D eigenvalue weighted by molar-refractivity contribution is -0.138. The molecule has 0 aromatic heterocycles. The summed E-state index contributed by atoms with van der Waals surface area (Å²) in [4.78, 5) is 5.45. The molecule has 1 saturated carbocycles. The number of aryl methyl sites for hydroxylation is 1. The molecule has 7 nitrogen and oxygen atoms in total. The molecular weight excluding hydrogens is 517 g/mol. The van der Waals surface area contributed by atoms with Crippen molar-refractivity contribution in [2.45, 2.75) is 57.3 Å². The molecule has 11 heteroatoms. The minimum atomic E-state index is -4.71. The Hall–Kier alpha value is -2.60. The second-order valence-corrected chi connectivity index (χ2v) is 10.3. The van der Waals surface area contributed by atoms with Gasteiger partial charge in [0.25, 0.3) is 0 Å². The predicted octanol–water partition coefficient (Wildman–Crippen LogP) is 5.74. The summed E-state index contributed by atoms with van der Waals surface area (Å²) in [7, 11) is 0. The van der Waals surface area contributed by atoms with E-state index in [1.807, 2.05) is 0 Å². The minimum absolute atomic E-state index is 0.00664. The van der Waals surface area contributed by atoms with Gasteiger partial charge in [-0.05, 0) is 61.9 Å². The Balaban J connectivity index is 1.20. The van der Waals surface area contributed by atoms with E-state index in [4.69, 9.17) is 27.4 Å². The molecule has 38 heavy (non-hydrogen) atoms. The van der Waals surface area contributed by atoms with E-state index in [1.165, 1.54) is 17.3 Å². The summed E-state index contributed by atoms with van der Waals surface area (Å²) in [6.45, 7) is 6.13. The summed E-state index contributed by atoms with van der Waals surface area (Å²) in [6.07, 6.45) is -0.570. The van der Waals surface area contributed by atoms with Crippen molar-refractivity contribution in [2.24, 2.45) is 0 Å². The van der Waals surface area contributed by atoms with Crippen molar-refractivity contribution in [3.63, 3.8) is 0 Å². The lowest BCUT2D eigenvalue weighted by atomic mass is 9.92. The smallest absolute Gasteiger partial charge is 0.382 e. The monoisotopic (exact) mass is 552 g/mol. The number of halogens is 3. The Labute approximate surface area is 226 Å². The zero-order chi connectivity index (χ0) is 27.3. The molecule has 1 heterocycles. The maximum absolute atomic E-state index is 13.3. The first-order valence-electron chi connectivity index (χ1n) is 13.0. The maximum Gasteiger partial charge on any atom is 0.418 e. The first kappa shape index (κ1) is 28.4. The molecule has 1 aliphatic carbocycles. The van der Waals surface area contributed by atoms with Gasteiger partial charge in [-0.2, -0.15) is 13.2 Å². The van der Waals surface area contributed by atoms with Crippen LogP contribution in [-0.2, 0) is 17.3 Å². The van der Waals surface area contributed by atoms with E-state index in [9.17, 15) is 13.2 Å². The number of hydrogen-bond donors (Lipinski definition) is 3. The number of para-hydroxylation sites is 1. The van der Waals surface area contributed by atoms with Crippen LogP contribution >= 0.6 is 12.2 Å². The van der Waals surface area contributed by atoms with E-state index in [0.717, 1.165) is 75.4 Å². The van der Waals surface area contributed by atoms with Crippen LogP contribution in [0.25, 0.3) is 0 Å². The molecule has 2 aromatic rings. The highest BCUT2D eigenvalue weighted by Gasteiger charge is 2.35. The molecule has 0 bridgehead atoms. The third kappa shape index (κ3) is 7.07. The van der Waals surface area contributed by atoms with Crippen LogP contribution in [0.2, 0.25) is 0 Å². The summed E-state index contributed by atoms with van der Waals surface area (Å²) in [6, 6.07) is 11.9. The van der Waals surface area contributed by atoms with Crippen molar-refractivity contribution in [3.8, 4) is 0 Å². The highest BCUT2D eigenvalue weighted by Crippen LogP contribution is 2.38. The van der Waals surface area contributed by atoms with Gasteiger partial charge in [0, 0.05) is 43.6 Å². The summed E-state index contributed by atoms with van der Waals surface area (Å²) < 4.78 is 46.1. The highest BCUT2D eigenvalue weighted by atomic mass is 32.1. The summed E-state index contributed by atoms with van der Waals surface area (Å²) >= 11 is 5.67. The number of ether oxygens (including phenoxy) is 1. The average molecular weight is 553 g/mol. The third-order valence-corrected chi connectivity index (χ3v) is 7.73. The van der Waals surface area contributed by atoms with Gasteiger partial charge in [0.1, 0.15) is 10.7 Å². The number of piperazine rings is 1. The zero-order valence-electron chi connectivity index (χ0n) is 21.5. The average Bonchev–Trinajstić information content (AvgIpc) is 2.92. The molecule has 2 aromatic carbocycles. The second-order valence-electron chi connectivity index (χ2n) is 9.80. The fourth-order valence-electron chi connectivity index (χ4n) is 5.23. The van der Waals surface area contributed by atoms with Gasteiger partial charge in [0.15, 0.2) is 0 Å². The van der Waals surface area contributed by atoms with Crippen molar-refractivity contribution in [1.82, 2.24) is 4.90 Å². The van der Waals surface area contributed by atoms with E-state index in [2.05, 4.69) is 46.3 Å². The van der Waals surface area contributed by atoms with Gasteiger partial charge in [0.2, 0.25) is 0 Å². The summed E-state index contributed by atoms with van der Waals surface area (Å²) in [5.74, 6) is 0. The van der Waals surface area contributed by atoms with E-state index in [1.54, 1.807) is 0 Å². The second kappa shape index (κ2) is 12.5. The van der Waals surface area contributed by atoms with E-state index >= 15 is 0 Å². The van der Waals surface area contributed by atoms with Crippen molar-refractivity contribution in [1.29, 1.82) is 0 Å². The molecule has 1 aliphatic heterocycles. The Morgan fingerprint density at radius 1 is 1.05 bits per heavy atom. The predicted molar refractivity (Wildman–Crippen MR) is 145 cm³/mol. The molecule has 1 saturated heterocycles. The Bertz CT molecular complexity index is 1090. The van der Waals surface area contributed by atoms with Gasteiger partial charge in [-0.25, -0.2) is 0 Å². The van der Waals surface area contributed by atoms with E-state index < -0.39 is 22.7 Å². The summed E-state index contributed by atoms with van der Waals surface area (Å²) in [5.41, 5.74) is 1.11. The van der Waals surface area contributed by atoms with E-state index in [0.29, 0.717) is 6.61 Å². The minimum Gasteiger partial charge on any atom is -0.382 e. The molecule has 0 spiro atoms. The van der Waals surface area contributed by atoms with Crippen molar-refractivity contribution >= 4 is 34.3 Å². The van der Waals surface area contributed by atoms with Crippen LogP contribution in [0.15, 0.2) is 42.5 Å². The van der Waals surface area contributed by atoms with Crippen LogP contribution in [0, 0.1) is 0 Å². The number of anilines is 3. The number of hydrogen-bond acceptors (Lipinski definition) is 7. The molecule has 2 aliphatic rings. The van der Waals surface area contributed by atoms with Crippen LogP contribution < -0.4 is 15.4 Å². The van der Waals surface area contributed by atoms with Crippen LogP contribution in [0.3, 0.4) is 0 Å². The van der Waals surface area contributed by atoms with Gasteiger partial charge >= 0.3 is 6.18 Å². The molecule has 208 valence electrons. The molecular formula is C27H35F3N4O3S. The van der Waals surface area contributed by atoms with Gasteiger partial charge in [-0.15, -0.1) is 5.23 Å². The van der Waals surface area contributed by atoms with E-state index in [-0.39, 0.29) is 17.8 Å². The molecule has 2 fully saturated rings. The first-order chi connectivity index (χ1) is 18.2. The standard InChI is InChI=1S/C27H35F3N4O3S/c1-2-19-5-3-4-6-24(19)32-13-15-33(16-14-32)26(38)18-37-22-10-7-20(8-11-22)31-21-9-12-25(34(35)36)23(17-21)27(28,29)30/h3-6,9,12,17,20,22,31,35-36H,2,7-8,10-11,13-16,18H2,1H3. The number of nitrogens with zero attached hydrogens (tertiary/aromatic N) is 3. The zero-order valence-corrected chi connectivity index (χ0v) is 22.3. The van der Waals surface area contributed by atoms with Crippen LogP contribution in [0.1, 0.15) is 43.7 Å². The number of thiocarbonyl (C=S) groups is 1. The largest absolute Gasteiger partial charge is 0.418 e. The molecule has 0 radical (unpaired) electrons. The molecule has 4 rings (SSSR count). The topological polar surface area (TPSA) is 71.4 Å². The van der Waals surface area contributed by atoms with Crippen LogP contribution in [0.4, 0.5) is 30.2 Å². The van der Waals surface area contributed by atoms with Crippen LogP contribution in [0.5, 0.6) is 0 Å².